The summed E-state index contributed by atoms with van der Waals surface area (Å²) >= 11 is 0. The van der Waals surface area contributed by atoms with Crippen LogP contribution in [0.5, 0.6) is 0 Å². The lowest BCUT2D eigenvalue weighted by Crippen LogP contribution is -2.42. The lowest BCUT2D eigenvalue weighted by molar-refractivity contribution is -0.123. The molecule has 0 saturated carbocycles. The third-order valence-corrected chi connectivity index (χ3v) is 3.47. The Morgan fingerprint density at radius 3 is 2.95 bits per heavy atom. The number of nitrogens with one attached hydrogen (secondary N) is 1. The van der Waals surface area contributed by atoms with Gasteiger partial charge in [-0.15, -0.1) is 0 Å². The Morgan fingerprint density at radius 2 is 2.25 bits per heavy atom. The van der Waals surface area contributed by atoms with Crippen LogP contribution in [0, 0.1) is 0 Å². The molecule has 108 valence electrons. The number of anilines is 2. The molecule has 1 aliphatic rings. The summed E-state index contributed by atoms with van der Waals surface area (Å²) in [7, 11) is 0. The molecule has 1 aliphatic heterocycles. The Labute approximate surface area is 119 Å². The Bertz CT molecular complexity index is 528. The van der Waals surface area contributed by atoms with Gasteiger partial charge in [0, 0.05) is 17.4 Å². The van der Waals surface area contributed by atoms with Gasteiger partial charge in [-0.05, 0) is 37.1 Å². The monoisotopic (exact) mass is 275 g/mol. The van der Waals surface area contributed by atoms with Gasteiger partial charge in [0.1, 0.15) is 6.54 Å². The van der Waals surface area contributed by atoms with Crippen LogP contribution < -0.4 is 16.0 Å². The molecule has 1 heterocycles. The number of carbonyl (C=O) groups is 2. The minimum Gasteiger partial charge on any atom is -0.399 e. The van der Waals surface area contributed by atoms with E-state index in [2.05, 4.69) is 12.2 Å². The summed E-state index contributed by atoms with van der Waals surface area (Å²) in [5.41, 5.74) is 8.04. The fourth-order valence-corrected chi connectivity index (χ4v) is 2.55. The SMILES string of the molecule is CCCC(C)NC(=O)CN1C(=O)Cc2cc(N)ccc21. The summed E-state index contributed by atoms with van der Waals surface area (Å²) in [5.74, 6) is -0.173. The summed E-state index contributed by atoms with van der Waals surface area (Å²) in [6, 6.07) is 5.49. The molecule has 0 saturated heterocycles. The molecule has 0 fully saturated rings. The number of benzene rings is 1. The van der Waals surface area contributed by atoms with Crippen molar-refractivity contribution in [2.24, 2.45) is 0 Å². The number of nitrogens with zero attached hydrogens (tertiary/aromatic N) is 1. The van der Waals surface area contributed by atoms with Crippen molar-refractivity contribution in [1.82, 2.24) is 5.32 Å². The van der Waals surface area contributed by atoms with Gasteiger partial charge in [0.25, 0.3) is 0 Å². The van der Waals surface area contributed by atoms with Crippen LogP contribution in [0.4, 0.5) is 11.4 Å². The number of hydrogen-bond donors (Lipinski definition) is 2. The largest absolute Gasteiger partial charge is 0.399 e. The number of nitrogen functional groups attached to an aromatic ring is 1. The quantitative estimate of drug-likeness (QED) is 0.799. The molecule has 1 aromatic carbocycles. The summed E-state index contributed by atoms with van der Waals surface area (Å²) in [6.45, 7) is 4.12. The highest BCUT2D eigenvalue weighted by Gasteiger charge is 2.28. The number of fused-ring (bicyclic) bond motifs is 1. The maximum atomic E-state index is 12.0. The van der Waals surface area contributed by atoms with E-state index in [0.717, 1.165) is 24.1 Å². The lowest BCUT2D eigenvalue weighted by Gasteiger charge is -2.19. The van der Waals surface area contributed by atoms with Crippen LogP contribution in [0.25, 0.3) is 0 Å². The van der Waals surface area contributed by atoms with E-state index in [0.29, 0.717) is 12.1 Å². The van der Waals surface area contributed by atoms with Crippen LogP contribution in [0.3, 0.4) is 0 Å². The van der Waals surface area contributed by atoms with Crippen molar-refractivity contribution >= 4 is 23.2 Å². The Hall–Kier alpha value is -2.04. The first-order chi connectivity index (χ1) is 9.51. The summed E-state index contributed by atoms with van der Waals surface area (Å²) in [6.07, 6.45) is 2.27. The fourth-order valence-electron chi connectivity index (χ4n) is 2.55. The number of hydrogen-bond acceptors (Lipinski definition) is 3. The molecule has 1 aromatic rings. The van der Waals surface area contributed by atoms with E-state index in [9.17, 15) is 9.59 Å². The maximum absolute atomic E-state index is 12.0. The second-order valence-corrected chi connectivity index (χ2v) is 5.30. The van der Waals surface area contributed by atoms with Gasteiger partial charge in [0.15, 0.2) is 0 Å². The smallest absolute Gasteiger partial charge is 0.240 e. The zero-order chi connectivity index (χ0) is 14.7. The predicted molar refractivity (Wildman–Crippen MR) is 79.4 cm³/mol. The van der Waals surface area contributed by atoms with E-state index in [-0.39, 0.29) is 24.4 Å². The molecule has 5 heteroatoms. The zero-order valence-corrected chi connectivity index (χ0v) is 12.0. The van der Waals surface area contributed by atoms with E-state index in [1.54, 1.807) is 18.2 Å². The molecular weight excluding hydrogens is 254 g/mol. The van der Waals surface area contributed by atoms with Crippen molar-refractivity contribution < 1.29 is 9.59 Å². The third kappa shape index (κ3) is 3.10. The van der Waals surface area contributed by atoms with Gasteiger partial charge in [-0.1, -0.05) is 13.3 Å². The molecule has 3 N–H and O–H groups in total. The van der Waals surface area contributed by atoms with Gasteiger partial charge in [0.05, 0.1) is 6.42 Å². The summed E-state index contributed by atoms with van der Waals surface area (Å²) in [5, 5.41) is 2.91. The Morgan fingerprint density at radius 1 is 1.50 bits per heavy atom. The van der Waals surface area contributed by atoms with Crippen molar-refractivity contribution in [3.8, 4) is 0 Å². The highest BCUT2D eigenvalue weighted by molar-refractivity contribution is 6.05. The van der Waals surface area contributed by atoms with E-state index in [4.69, 9.17) is 5.73 Å². The van der Waals surface area contributed by atoms with Crippen molar-refractivity contribution in [2.75, 3.05) is 17.2 Å². The highest BCUT2D eigenvalue weighted by atomic mass is 16.2. The molecule has 0 aliphatic carbocycles. The van der Waals surface area contributed by atoms with Gasteiger partial charge in [0.2, 0.25) is 11.8 Å². The molecule has 2 amide bonds. The topological polar surface area (TPSA) is 75.4 Å². The van der Waals surface area contributed by atoms with Crippen molar-refractivity contribution in [2.45, 2.75) is 39.2 Å². The van der Waals surface area contributed by atoms with Gasteiger partial charge >= 0.3 is 0 Å². The first-order valence-electron chi connectivity index (χ1n) is 6.99. The van der Waals surface area contributed by atoms with E-state index in [1.165, 1.54) is 4.90 Å². The van der Waals surface area contributed by atoms with Crippen molar-refractivity contribution in [3.05, 3.63) is 23.8 Å². The molecule has 1 unspecified atom stereocenters. The van der Waals surface area contributed by atoms with Crippen LogP contribution in [0.1, 0.15) is 32.3 Å². The summed E-state index contributed by atoms with van der Waals surface area (Å²) in [4.78, 5) is 25.5. The average Bonchev–Trinajstić information content (AvgIpc) is 2.65. The molecule has 0 bridgehead atoms. The first-order valence-corrected chi connectivity index (χ1v) is 6.99. The standard InChI is InChI=1S/C15H21N3O2/c1-3-4-10(2)17-14(19)9-18-13-6-5-12(16)7-11(13)8-15(18)20/h5-7,10H,3-4,8-9,16H2,1-2H3,(H,17,19). The minimum absolute atomic E-state index is 0.0519. The molecule has 20 heavy (non-hydrogen) atoms. The fraction of sp³-hybridized carbons (Fsp3) is 0.467. The van der Waals surface area contributed by atoms with E-state index in [1.807, 2.05) is 6.92 Å². The van der Waals surface area contributed by atoms with Crippen LogP contribution in [0.15, 0.2) is 18.2 Å². The normalized spacial score (nSPS) is 15.1. The molecule has 2 rings (SSSR count). The molecule has 0 aromatic heterocycles. The third-order valence-electron chi connectivity index (χ3n) is 3.47. The van der Waals surface area contributed by atoms with Gasteiger partial charge in [-0.3, -0.25) is 9.59 Å². The van der Waals surface area contributed by atoms with E-state index >= 15 is 0 Å². The highest BCUT2D eigenvalue weighted by Crippen LogP contribution is 2.30. The number of rotatable bonds is 5. The van der Waals surface area contributed by atoms with E-state index < -0.39 is 0 Å². The number of nitrogens with two attached hydrogens (primary N) is 1. The molecule has 0 radical (unpaired) electrons. The average molecular weight is 275 g/mol. The van der Waals surface area contributed by atoms with Crippen molar-refractivity contribution in [1.29, 1.82) is 0 Å². The zero-order valence-electron chi connectivity index (χ0n) is 12.0. The first kappa shape index (κ1) is 14.4. The molecule has 0 spiro atoms. The lowest BCUT2D eigenvalue weighted by atomic mass is 10.1. The molecule has 1 atom stereocenters. The molecule has 5 nitrogen and oxygen atoms in total. The van der Waals surface area contributed by atoms with Crippen LogP contribution in [-0.2, 0) is 16.0 Å². The minimum atomic E-state index is -0.121. The van der Waals surface area contributed by atoms with Crippen molar-refractivity contribution in [3.63, 3.8) is 0 Å². The second kappa shape index (κ2) is 5.94. The second-order valence-electron chi connectivity index (χ2n) is 5.30. The van der Waals surface area contributed by atoms with Crippen LogP contribution in [-0.4, -0.2) is 24.4 Å². The van der Waals surface area contributed by atoms with Gasteiger partial charge in [-0.25, -0.2) is 0 Å². The van der Waals surface area contributed by atoms with Crippen LogP contribution in [0.2, 0.25) is 0 Å². The molecular formula is C15H21N3O2. The predicted octanol–water partition coefficient (Wildman–Crippen LogP) is 1.46. The van der Waals surface area contributed by atoms with Gasteiger partial charge in [-0.2, -0.15) is 0 Å². The van der Waals surface area contributed by atoms with Crippen LogP contribution >= 0.6 is 0 Å². The van der Waals surface area contributed by atoms with Gasteiger partial charge < -0.3 is 16.0 Å². The number of amides is 2. The number of carbonyl (C=O) groups excluding carboxylic acids is 2. The summed E-state index contributed by atoms with van der Waals surface area (Å²) < 4.78 is 0. The Balaban J connectivity index is 2.04. The Kier molecular flexibility index (Phi) is 4.27. The maximum Gasteiger partial charge on any atom is 0.240 e.